The van der Waals surface area contributed by atoms with Crippen molar-refractivity contribution in [3.8, 4) is 17.4 Å². The van der Waals surface area contributed by atoms with Crippen molar-refractivity contribution in [2.24, 2.45) is 4.99 Å². The Labute approximate surface area is 174 Å². The predicted molar refractivity (Wildman–Crippen MR) is 111 cm³/mol. The number of carbonyl (C=O) groups is 1. The molecule has 6 nitrogen and oxygen atoms in total. The van der Waals surface area contributed by atoms with Crippen molar-refractivity contribution in [1.82, 2.24) is 4.57 Å². The first kappa shape index (κ1) is 17.8. The molecule has 1 N–H and O–H groups in total. The number of fused-ring (bicyclic) bond motifs is 2. The van der Waals surface area contributed by atoms with E-state index in [0.29, 0.717) is 37.8 Å². The number of rotatable bonds is 3. The number of benzene rings is 2. The van der Waals surface area contributed by atoms with Gasteiger partial charge in [0.05, 0.1) is 16.8 Å². The molecule has 0 atom stereocenters. The average molecular weight is 422 g/mol. The van der Waals surface area contributed by atoms with Crippen LogP contribution in [0.25, 0.3) is 12.2 Å². The van der Waals surface area contributed by atoms with Gasteiger partial charge in [0, 0.05) is 16.9 Å². The van der Waals surface area contributed by atoms with Gasteiger partial charge in [-0.25, -0.2) is 4.99 Å². The summed E-state index contributed by atoms with van der Waals surface area (Å²) < 4.78 is 12.9. The van der Waals surface area contributed by atoms with Crippen LogP contribution in [0.1, 0.15) is 10.4 Å². The molecule has 1 aromatic heterocycles. The molecule has 5 rings (SSSR count). The van der Waals surface area contributed by atoms with E-state index in [1.54, 1.807) is 28.9 Å². The molecular weight excluding hydrogens is 408 g/mol. The lowest BCUT2D eigenvalue weighted by Crippen LogP contribution is -2.30. The fourth-order valence-corrected chi connectivity index (χ4v) is 4.48. The minimum Gasteiger partial charge on any atom is -0.493 e. The highest BCUT2D eigenvalue weighted by Gasteiger charge is 2.19. The van der Waals surface area contributed by atoms with Gasteiger partial charge in [-0.2, -0.15) is 0 Å². The first-order chi connectivity index (χ1) is 14.1. The van der Waals surface area contributed by atoms with Crippen LogP contribution in [0.3, 0.4) is 0 Å². The Hall–Kier alpha value is -3.23. The van der Waals surface area contributed by atoms with E-state index >= 15 is 0 Å². The van der Waals surface area contributed by atoms with E-state index in [2.05, 4.69) is 4.99 Å². The maximum Gasteiger partial charge on any atom is 0.277 e. The molecule has 2 aliphatic rings. The molecule has 0 saturated heterocycles. The Kier molecular flexibility index (Phi) is 4.30. The van der Waals surface area contributed by atoms with Gasteiger partial charge in [0.1, 0.15) is 0 Å². The van der Waals surface area contributed by atoms with Crippen LogP contribution in [-0.4, -0.2) is 22.4 Å². The number of thiazole rings is 1. The molecule has 0 fully saturated rings. The van der Waals surface area contributed by atoms with Gasteiger partial charge in [-0.3, -0.25) is 9.36 Å². The summed E-state index contributed by atoms with van der Waals surface area (Å²) in [5.74, 6) is 0.852. The van der Waals surface area contributed by atoms with Crippen molar-refractivity contribution < 1.29 is 19.4 Å². The van der Waals surface area contributed by atoms with Crippen molar-refractivity contribution in [3.05, 3.63) is 73.0 Å². The highest BCUT2D eigenvalue weighted by molar-refractivity contribution is 7.73. The molecule has 8 heteroatoms. The van der Waals surface area contributed by atoms with Crippen LogP contribution in [0.4, 0.5) is 0 Å². The minimum absolute atomic E-state index is 0.0361. The quantitative estimate of drug-likeness (QED) is 0.519. The van der Waals surface area contributed by atoms with Crippen LogP contribution in [0, 0.1) is 3.95 Å². The second-order valence-electron chi connectivity index (χ2n) is 6.55. The van der Waals surface area contributed by atoms with E-state index in [0.717, 1.165) is 10.8 Å². The first-order valence-corrected chi connectivity index (χ1v) is 10.0. The molecule has 3 heterocycles. The fraction of sp³-hybridized carbons (Fsp3) is 0.0952. The molecule has 3 aromatic rings. The summed E-state index contributed by atoms with van der Waals surface area (Å²) in [7, 11) is 0. The van der Waals surface area contributed by atoms with Gasteiger partial charge in [0.25, 0.3) is 5.91 Å². The monoisotopic (exact) mass is 422 g/mol. The Morgan fingerprint density at radius 3 is 2.76 bits per heavy atom. The van der Waals surface area contributed by atoms with Gasteiger partial charge in [0.15, 0.2) is 15.5 Å². The molecule has 0 radical (unpaired) electrons. The molecule has 1 amide bonds. The summed E-state index contributed by atoms with van der Waals surface area (Å²) in [6.45, 7) is 0.612. The molecule has 0 saturated carbocycles. The van der Waals surface area contributed by atoms with E-state index in [9.17, 15) is 9.90 Å². The highest BCUT2D eigenvalue weighted by atomic mass is 32.1. The van der Waals surface area contributed by atoms with E-state index in [1.807, 2.05) is 30.3 Å². The number of aromatic hydroxyl groups is 1. The normalized spacial score (nSPS) is 15.7. The van der Waals surface area contributed by atoms with Crippen molar-refractivity contribution in [1.29, 1.82) is 0 Å². The maximum atomic E-state index is 12.5. The van der Waals surface area contributed by atoms with Crippen molar-refractivity contribution in [3.63, 3.8) is 0 Å². The SMILES string of the molecule is O=C1N=c2cc3c(cc2=C/C1=C/c1sc(=S)n(Cc2ccccc2)c1O)OCO3. The molecule has 0 spiro atoms. The van der Waals surface area contributed by atoms with Crippen molar-refractivity contribution in [2.45, 2.75) is 6.54 Å². The van der Waals surface area contributed by atoms with E-state index in [-0.39, 0.29) is 18.6 Å². The van der Waals surface area contributed by atoms with Crippen LogP contribution in [0.2, 0.25) is 0 Å². The van der Waals surface area contributed by atoms with Crippen LogP contribution >= 0.6 is 23.6 Å². The van der Waals surface area contributed by atoms with Gasteiger partial charge in [-0.15, -0.1) is 11.3 Å². The summed E-state index contributed by atoms with van der Waals surface area (Å²) in [6.07, 6.45) is 3.35. The van der Waals surface area contributed by atoms with E-state index in [4.69, 9.17) is 21.7 Å². The third-order valence-electron chi connectivity index (χ3n) is 4.67. The van der Waals surface area contributed by atoms with Gasteiger partial charge in [-0.05, 0) is 36.0 Å². The summed E-state index contributed by atoms with van der Waals surface area (Å²) in [6, 6.07) is 13.2. The number of nitrogens with zero attached hydrogens (tertiary/aromatic N) is 2. The lowest BCUT2D eigenvalue weighted by atomic mass is 10.1. The molecule has 29 heavy (non-hydrogen) atoms. The second kappa shape index (κ2) is 6.98. The topological polar surface area (TPSA) is 73.1 Å². The summed E-state index contributed by atoms with van der Waals surface area (Å²) >= 11 is 6.67. The third kappa shape index (κ3) is 3.26. The first-order valence-electron chi connectivity index (χ1n) is 8.81. The number of hydrogen-bond donors (Lipinski definition) is 1. The van der Waals surface area contributed by atoms with Gasteiger partial charge in [0.2, 0.25) is 12.7 Å². The summed E-state index contributed by atoms with van der Waals surface area (Å²) in [5, 5.41) is 12.0. The van der Waals surface area contributed by atoms with Gasteiger partial charge < -0.3 is 14.6 Å². The molecule has 0 unspecified atom stereocenters. The fourth-order valence-electron chi connectivity index (χ4n) is 3.22. The molecule has 0 bridgehead atoms. The molecule has 2 aromatic carbocycles. The molecule has 144 valence electrons. The summed E-state index contributed by atoms with van der Waals surface area (Å²) in [5.41, 5.74) is 1.39. The zero-order valence-electron chi connectivity index (χ0n) is 15.0. The zero-order chi connectivity index (χ0) is 20.0. The zero-order valence-corrected chi connectivity index (χ0v) is 16.6. The van der Waals surface area contributed by atoms with E-state index < -0.39 is 0 Å². The summed E-state index contributed by atoms with van der Waals surface area (Å²) in [4.78, 5) is 17.2. The van der Waals surface area contributed by atoms with Crippen LogP contribution < -0.4 is 20.0 Å². The van der Waals surface area contributed by atoms with Gasteiger partial charge >= 0.3 is 0 Å². The van der Waals surface area contributed by atoms with Crippen molar-refractivity contribution >= 4 is 41.6 Å². The Bertz CT molecular complexity index is 1350. The third-order valence-corrected chi connectivity index (χ3v) is 6.05. The van der Waals surface area contributed by atoms with E-state index in [1.165, 1.54) is 11.3 Å². The van der Waals surface area contributed by atoms with Crippen LogP contribution in [0.5, 0.6) is 17.4 Å². The van der Waals surface area contributed by atoms with Crippen LogP contribution in [0.15, 0.2) is 53.0 Å². The molecular formula is C21H14N2O4S2. The minimum atomic E-state index is -0.385. The van der Waals surface area contributed by atoms with Crippen molar-refractivity contribution in [2.75, 3.05) is 6.79 Å². The van der Waals surface area contributed by atoms with Gasteiger partial charge in [-0.1, -0.05) is 30.3 Å². The average Bonchev–Trinajstić information content (AvgIpc) is 3.27. The Morgan fingerprint density at radius 2 is 1.97 bits per heavy atom. The number of hydrogen-bond acceptors (Lipinski definition) is 6. The standard InChI is InChI=1S/C21H14N2O4S2/c24-19-14(6-13-7-16-17(27-11-26-16)9-15(13)22-19)8-18-20(25)23(21(28)29-18)10-12-4-2-1-3-5-12/h1-9,25H,10-11H2/b14-8-. The lowest BCUT2D eigenvalue weighted by Gasteiger charge is -2.06. The highest BCUT2D eigenvalue weighted by Crippen LogP contribution is 2.31. The number of carbonyl (C=O) groups excluding carboxylic acids is 1. The lowest BCUT2D eigenvalue weighted by molar-refractivity contribution is -0.114. The largest absolute Gasteiger partial charge is 0.493 e. The number of ether oxygens (including phenoxy) is 2. The molecule has 2 aliphatic heterocycles. The number of amides is 1. The maximum absolute atomic E-state index is 12.5. The smallest absolute Gasteiger partial charge is 0.277 e. The Morgan fingerprint density at radius 1 is 1.21 bits per heavy atom. The number of aromatic nitrogens is 1. The van der Waals surface area contributed by atoms with Crippen LogP contribution in [-0.2, 0) is 11.3 Å². The predicted octanol–water partition coefficient (Wildman–Crippen LogP) is 2.79. The molecule has 0 aliphatic carbocycles. The Balaban J connectivity index is 1.55. The second-order valence-corrected chi connectivity index (χ2v) is 8.23.